The van der Waals surface area contributed by atoms with Gasteiger partial charge in [-0.1, -0.05) is 18.2 Å². The van der Waals surface area contributed by atoms with Crippen LogP contribution in [0.5, 0.6) is 5.75 Å². The van der Waals surface area contributed by atoms with E-state index in [1.807, 2.05) is 0 Å². The molecule has 3 rings (SSSR count). The second-order valence-corrected chi connectivity index (χ2v) is 6.42. The van der Waals surface area contributed by atoms with Crippen LogP contribution in [-0.2, 0) is 20.7 Å². The van der Waals surface area contributed by atoms with Crippen LogP contribution in [0.25, 0.3) is 11.3 Å². The van der Waals surface area contributed by atoms with Crippen LogP contribution in [0, 0.1) is 5.82 Å². The van der Waals surface area contributed by atoms with Crippen LogP contribution in [0.1, 0.15) is 19.1 Å². The first-order chi connectivity index (χ1) is 14.5. The van der Waals surface area contributed by atoms with Crippen molar-refractivity contribution >= 4 is 17.6 Å². The number of aryl methyl sites for hydroxylation is 1. The third-order valence-electron chi connectivity index (χ3n) is 4.18. The van der Waals surface area contributed by atoms with Crippen molar-refractivity contribution in [1.82, 2.24) is 0 Å². The third-order valence-corrected chi connectivity index (χ3v) is 4.18. The Labute approximate surface area is 173 Å². The highest BCUT2D eigenvalue weighted by Gasteiger charge is 2.11. The molecule has 0 atom stereocenters. The third kappa shape index (κ3) is 5.94. The Morgan fingerprint density at radius 3 is 2.70 bits per heavy atom. The van der Waals surface area contributed by atoms with Crippen molar-refractivity contribution in [3.63, 3.8) is 0 Å². The zero-order valence-electron chi connectivity index (χ0n) is 16.5. The molecule has 0 bridgehead atoms. The van der Waals surface area contributed by atoms with Crippen LogP contribution in [0.15, 0.2) is 65.1 Å². The molecule has 0 aliphatic carbocycles. The molecule has 0 aliphatic heterocycles. The molecular formula is C23H22FNO5. The van der Waals surface area contributed by atoms with E-state index < -0.39 is 5.97 Å². The molecule has 1 aromatic heterocycles. The summed E-state index contributed by atoms with van der Waals surface area (Å²) in [4.78, 5) is 23.6. The molecule has 30 heavy (non-hydrogen) atoms. The second-order valence-electron chi connectivity index (χ2n) is 6.42. The van der Waals surface area contributed by atoms with Crippen LogP contribution in [0.3, 0.4) is 0 Å². The molecule has 156 valence electrons. The summed E-state index contributed by atoms with van der Waals surface area (Å²) in [6.45, 7) is 1.81. The van der Waals surface area contributed by atoms with Crippen molar-refractivity contribution in [2.24, 2.45) is 0 Å². The average molecular weight is 411 g/mol. The van der Waals surface area contributed by atoms with Gasteiger partial charge in [-0.3, -0.25) is 4.79 Å². The number of amides is 1. The van der Waals surface area contributed by atoms with Gasteiger partial charge < -0.3 is 19.2 Å². The minimum atomic E-state index is -0.458. The van der Waals surface area contributed by atoms with Crippen molar-refractivity contribution in [2.75, 3.05) is 18.5 Å². The Balaban J connectivity index is 1.51. The number of rotatable bonds is 9. The number of anilines is 1. The minimum absolute atomic E-state index is 0.193. The fraction of sp³-hybridized carbons (Fsp3) is 0.217. The molecule has 0 aliphatic rings. The fourth-order valence-corrected chi connectivity index (χ4v) is 2.79. The van der Waals surface area contributed by atoms with Crippen LogP contribution in [0.4, 0.5) is 10.1 Å². The van der Waals surface area contributed by atoms with E-state index in [-0.39, 0.29) is 31.4 Å². The first-order valence-corrected chi connectivity index (χ1v) is 9.57. The number of hydrogen-bond acceptors (Lipinski definition) is 5. The van der Waals surface area contributed by atoms with E-state index in [0.29, 0.717) is 34.9 Å². The lowest BCUT2D eigenvalue weighted by Gasteiger charge is -2.09. The van der Waals surface area contributed by atoms with Crippen LogP contribution >= 0.6 is 0 Å². The van der Waals surface area contributed by atoms with Crippen molar-refractivity contribution in [3.05, 3.63) is 72.2 Å². The number of carbonyl (C=O) groups excluding carboxylic acids is 2. The van der Waals surface area contributed by atoms with Gasteiger partial charge in [-0.25, -0.2) is 9.18 Å². The smallest absolute Gasteiger partial charge is 0.344 e. The predicted octanol–water partition coefficient (Wildman–Crippen LogP) is 4.60. The van der Waals surface area contributed by atoms with Crippen molar-refractivity contribution < 1.29 is 27.9 Å². The highest BCUT2D eigenvalue weighted by Crippen LogP contribution is 2.25. The molecule has 0 spiro atoms. The number of furan rings is 1. The number of ether oxygens (including phenoxy) is 2. The molecule has 0 unspecified atom stereocenters. The zero-order chi connectivity index (χ0) is 21.3. The number of nitrogens with one attached hydrogen (secondary N) is 1. The second kappa shape index (κ2) is 10.2. The highest BCUT2D eigenvalue weighted by molar-refractivity contribution is 5.91. The van der Waals surface area contributed by atoms with Gasteiger partial charge in [-0.15, -0.1) is 0 Å². The zero-order valence-corrected chi connectivity index (χ0v) is 16.5. The summed E-state index contributed by atoms with van der Waals surface area (Å²) in [5.74, 6) is 0.439. The van der Waals surface area contributed by atoms with Gasteiger partial charge in [0.2, 0.25) is 5.91 Å². The first-order valence-electron chi connectivity index (χ1n) is 9.57. The fourth-order valence-electron chi connectivity index (χ4n) is 2.79. The Morgan fingerprint density at radius 1 is 1.07 bits per heavy atom. The van der Waals surface area contributed by atoms with Gasteiger partial charge in [0.1, 0.15) is 23.1 Å². The summed E-state index contributed by atoms with van der Waals surface area (Å²) in [5, 5.41) is 2.78. The molecule has 0 fully saturated rings. The van der Waals surface area contributed by atoms with E-state index in [1.54, 1.807) is 61.5 Å². The average Bonchev–Trinajstić information content (AvgIpc) is 3.20. The molecule has 1 heterocycles. The molecule has 0 saturated heterocycles. The molecular weight excluding hydrogens is 389 g/mol. The monoisotopic (exact) mass is 411 g/mol. The van der Waals surface area contributed by atoms with Gasteiger partial charge in [0.25, 0.3) is 0 Å². The maximum Gasteiger partial charge on any atom is 0.344 e. The lowest BCUT2D eigenvalue weighted by molar-refractivity contribution is -0.145. The number of carbonyl (C=O) groups is 2. The summed E-state index contributed by atoms with van der Waals surface area (Å²) in [6.07, 6.45) is 0.567. The van der Waals surface area contributed by atoms with Crippen molar-refractivity contribution in [3.8, 4) is 17.1 Å². The lowest BCUT2D eigenvalue weighted by atomic mass is 10.1. The maximum absolute atomic E-state index is 13.9. The van der Waals surface area contributed by atoms with Gasteiger partial charge in [-0.05, 0) is 43.3 Å². The number of esters is 1. The van der Waals surface area contributed by atoms with E-state index in [2.05, 4.69) is 5.32 Å². The van der Waals surface area contributed by atoms with E-state index in [0.717, 1.165) is 0 Å². The van der Waals surface area contributed by atoms with Gasteiger partial charge in [0.15, 0.2) is 6.61 Å². The van der Waals surface area contributed by atoms with E-state index in [1.165, 1.54) is 6.07 Å². The highest BCUT2D eigenvalue weighted by atomic mass is 19.1. The Morgan fingerprint density at radius 2 is 1.90 bits per heavy atom. The molecule has 2 aromatic carbocycles. The van der Waals surface area contributed by atoms with Crippen LogP contribution < -0.4 is 10.1 Å². The summed E-state index contributed by atoms with van der Waals surface area (Å²) < 4.78 is 29.7. The van der Waals surface area contributed by atoms with Gasteiger partial charge in [0, 0.05) is 24.6 Å². The predicted molar refractivity (Wildman–Crippen MR) is 110 cm³/mol. The normalized spacial score (nSPS) is 10.5. The number of benzene rings is 2. The minimum Gasteiger partial charge on any atom is -0.482 e. The molecule has 0 radical (unpaired) electrons. The molecule has 6 nitrogen and oxygen atoms in total. The summed E-state index contributed by atoms with van der Waals surface area (Å²) in [6, 6.07) is 16.5. The van der Waals surface area contributed by atoms with E-state index >= 15 is 0 Å². The van der Waals surface area contributed by atoms with Crippen molar-refractivity contribution in [1.29, 1.82) is 0 Å². The largest absolute Gasteiger partial charge is 0.482 e. The Hall–Kier alpha value is -3.61. The molecule has 0 saturated carbocycles. The number of halogens is 1. The van der Waals surface area contributed by atoms with Gasteiger partial charge in [-0.2, -0.15) is 0 Å². The Bertz CT molecular complexity index is 1010. The first kappa shape index (κ1) is 21.1. The van der Waals surface area contributed by atoms with E-state index in [9.17, 15) is 14.0 Å². The van der Waals surface area contributed by atoms with E-state index in [4.69, 9.17) is 13.9 Å². The summed E-state index contributed by atoms with van der Waals surface area (Å²) >= 11 is 0. The van der Waals surface area contributed by atoms with Gasteiger partial charge in [0.05, 0.1) is 12.2 Å². The lowest BCUT2D eigenvalue weighted by Crippen LogP contribution is -2.15. The summed E-state index contributed by atoms with van der Waals surface area (Å²) in [7, 11) is 0. The number of hydrogen-bond donors (Lipinski definition) is 1. The van der Waals surface area contributed by atoms with Crippen LogP contribution in [-0.4, -0.2) is 25.1 Å². The summed E-state index contributed by atoms with van der Waals surface area (Å²) in [5.41, 5.74) is 0.931. The topological polar surface area (TPSA) is 77.8 Å². The molecule has 1 N–H and O–H groups in total. The molecule has 3 aromatic rings. The molecule has 7 heteroatoms. The quantitative estimate of drug-likeness (QED) is 0.521. The van der Waals surface area contributed by atoms with Crippen LogP contribution in [0.2, 0.25) is 0 Å². The van der Waals surface area contributed by atoms with Gasteiger partial charge >= 0.3 is 5.97 Å². The maximum atomic E-state index is 13.9. The molecule has 1 amide bonds. The Kier molecular flexibility index (Phi) is 7.21. The van der Waals surface area contributed by atoms with Crippen molar-refractivity contribution in [2.45, 2.75) is 19.8 Å². The SMILES string of the molecule is CCOC(=O)COc1cccc(NC(=O)CCc2ccc(-c3ccccc3F)o2)c1. The standard InChI is InChI=1S/C23H22FNO5/c1-2-28-23(27)15-29-18-7-5-6-16(14-18)25-22(26)13-11-17-10-12-21(30-17)19-8-3-4-9-20(19)24/h3-10,12,14H,2,11,13,15H2,1H3,(H,25,26).